The fraction of sp³-hybridized carbons (Fsp3) is 0.429. The predicted octanol–water partition coefficient (Wildman–Crippen LogP) is 1.23. The third-order valence-electron chi connectivity index (χ3n) is 3.23. The average molecular weight is 262 g/mol. The molecular weight excluding hydrogens is 244 g/mol. The van der Waals surface area contributed by atoms with Crippen LogP contribution in [0.5, 0.6) is 0 Å². The highest BCUT2D eigenvalue weighted by Gasteiger charge is 2.23. The minimum Gasteiger partial charge on any atom is -0.478 e. The van der Waals surface area contributed by atoms with Crippen LogP contribution in [0.25, 0.3) is 0 Å². The van der Waals surface area contributed by atoms with Gasteiger partial charge in [-0.05, 0) is 36.2 Å². The molecule has 5 nitrogen and oxygen atoms in total. The van der Waals surface area contributed by atoms with Gasteiger partial charge < -0.3 is 15.3 Å². The Kier molecular flexibility index (Phi) is 4.16. The van der Waals surface area contributed by atoms with Crippen LogP contribution < -0.4 is 5.32 Å². The molecule has 0 radical (unpaired) electrons. The third kappa shape index (κ3) is 3.12. The molecule has 1 heterocycles. The van der Waals surface area contributed by atoms with Crippen molar-refractivity contribution in [2.75, 3.05) is 13.1 Å². The van der Waals surface area contributed by atoms with E-state index in [9.17, 15) is 9.59 Å². The summed E-state index contributed by atoms with van der Waals surface area (Å²) in [6.07, 6.45) is 0.996. The zero-order valence-electron chi connectivity index (χ0n) is 11.0. The molecule has 0 atom stereocenters. The van der Waals surface area contributed by atoms with E-state index in [1.165, 1.54) is 0 Å². The van der Waals surface area contributed by atoms with Crippen molar-refractivity contribution in [3.63, 3.8) is 0 Å². The number of benzene rings is 1. The maximum atomic E-state index is 12.0. The van der Waals surface area contributed by atoms with Crippen LogP contribution in [0.4, 0.5) is 0 Å². The SMILES string of the molecule is CCCNCC(=O)N1Cc2ccc(C(=O)O)cc2C1. The van der Waals surface area contributed by atoms with Gasteiger partial charge >= 0.3 is 5.97 Å². The average Bonchev–Trinajstić information content (AvgIpc) is 2.81. The van der Waals surface area contributed by atoms with Gasteiger partial charge in [0.15, 0.2) is 0 Å². The molecule has 1 aliphatic rings. The quantitative estimate of drug-likeness (QED) is 0.783. The summed E-state index contributed by atoms with van der Waals surface area (Å²) in [5.74, 6) is -0.876. The first-order chi connectivity index (χ1) is 9.11. The van der Waals surface area contributed by atoms with E-state index >= 15 is 0 Å². The van der Waals surface area contributed by atoms with Gasteiger partial charge in [-0.25, -0.2) is 4.79 Å². The first kappa shape index (κ1) is 13.5. The Bertz CT molecular complexity index is 499. The molecule has 1 aromatic rings. The summed E-state index contributed by atoms with van der Waals surface area (Å²) in [6, 6.07) is 5.04. The van der Waals surface area contributed by atoms with Crippen molar-refractivity contribution in [2.45, 2.75) is 26.4 Å². The van der Waals surface area contributed by atoms with Crippen LogP contribution in [0, 0.1) is 0 Å². The van der Waals surface area contributed by atoms with Gasteiger partial charge in [0.25, 0.3) is 0 Å². The molecule has 102 valence electrons. The van der Waals surface area contributed by atoms with Gasteiger partial charge in [0.1, 0.15) is 0 Å². The number of fused-ring (bicyclic) bond motifs is 1. The summed E-state index contributed by atoms with van der Waals surface area (Å²) in [5.41, 5.74) is 2.25. The highest BCUT2D eigenvalue weighted by atomic mass is 16.4. The molecule has 0 aliphatic carbocycles. The zero-order valence-corrected chi connectivity index (χ0v) is 11.0. The second kappa shape index (κ2) is 5.84. The fourth-order valence-electron chi connectivity index (χ4n) is 2.19. The molecule has 1 amide bonds. The Morgan fingerprint density at radius 1 is 1.32 bits per heavy atom. The van der Waals surface area contributed by atoms with Gasteiger partial charge in [-0.2, -0.15) is 0 Å². The minimum atomic E-state index is -0.933. The second-order valence-electron chi connectivity index (χ2n) is 4.72. The molecule has 2 rings (SSSR count). The molecule has 0 fully saturated rings. The Balaban J connectivity index is 1.99. The van der Waals surface area contributed by atoms with Gasteiger partial charge in [0, 0.05) is 13.1 Å². The molecule has 1 aliphatic heterocycles. The second-order valence-corrected chi connectivity index (χ2v) is 4.72. The summed E-state index contributed by atoms with van der Waals surface area (Å²) < 4.78 is 0. The molecule has 0 unspecified atom stereocenters. The van der Waals surface area contributed by atoms with Crippen molar-refractivity contribution in [1.82, 2.24) is 10.2 Å². The number of carboxylic acids is 1. The molecule has 1 aromatic carbocycles. The smallest absolute Gasteiger partial charge is 0.335 e. The molecule has 2 N–H and O–H groups in total. The lowest BCUT2D eigenvalue weighted by Gasteiger charge is -2.15. The first-order valence-corrected chi connectivity index (χ1v) is 6.45. The molecule has 0 saturated carbocycles. The van der Waals surface area contributed by atoms with E-state index in [2.05, 4.69) is 12.2 Å². The van der Waals surface area contributed by atoms with Gasteiger partial charge in [-0.15, -0.1) is 0 Å². The number of nitrogens with one attached hydrogen (secondary N) is 1. The van der Waals surface area contributed by atoms with Gasteiger partial charge in [0.05, 0.1) is 12.1 Å². The number of aromatic carboxylic acids is 1. The van der Waals surface area contributed by atoms with E-state index in [0.29, 0.717) is 19.6 Å². The van der Waals surface area contributed by atoms with E-state index in [1.807, 2.05) is 0 Å². The van der Waals surface area contributed by atoms with E-state index < -0.39 is 5.97 Å². The lowest BCUT2D eigenvalue weighted by molar-refractivity contribution is -0.130. The molecule has 0 spiro atoms. The van der Waals surface area contributed by atoms with Crippen molar-refractivity contribution < 1.29 is 14.7 Å². The summed E-state index contributed by atoms with van der Waals surface area (Å²) in [7, 11) is 0. The summed E-state index contributed by atoms with van der Waals surface area (Å²) in [5, 5.41) is 12.0. The van der Waals surface area contributed by atoms with Crippen LogP contribution in [0.15, 0.2) is 18.2 Å². The van der Waals surface area contributed by atoms with E-state index in [0.717, 1.165) is 24.1 Å². The van der Waals surface area contributed by atoms with Crippen LogP contribution in [0.2, 0.25) is 0 Å². The van der Waals surface area contributed by atoms with Crippen LogP contribution in [-0.4, -0.2) is 35.0 Å². The van der Waals surface area contributed by atoms with Crippen molar-refractivity contribution in [2.24, 2.45) is 0 Å². The van der Waals surface area contributed by atoms with Gasteiger partial charge in [0.2, 0.25) is 5.91 Å². The van der Waals surface area contributed by atoms with Crippen LogP contribution in [-0.2, 0) is 17.9 Å². The molecule has 5 heteroatoms. The number of nitrogens with zero attached hydrogens (tertiary/aromatic N) is 1. The number of hydrogen-bond donors (Lipinski definition) is 2. The summed E-state index contributed by atoms with van der Waals surface area (Å²) in [6.45, 7) is 4.30. The largest absolute Gasteiger partial charge is 0.478 e. The topological polar surface area (TPSA) is 69.6 Å². The third-order valence-corrected chi connectivity index (χ3v) is 3.23. The lowest BCUT2D eigenvalue weighted by atomic mass is 10.1. The summed E-state index contributed by atoms with van der Waals surface area (Å²) in [4.78, 5) is 24.6. The highest BCUT2D eigenvalue weighted by molar-refractivity contribution is 5.88. The van der Waals surface area contributed by atoms with Crippen LogP contribution in [0.3, 0.4) is 0 Å². The van der Waals surface area contributed by atoms with E-state index in [-0.39, 0.29) is 11.5 Å². The maximum Gasteiger partial charge on any atom is 0.335 e. The molecule has 0 bridgehead atoms. The number of hydrogen-bond acceptors (Lipinski definition) is 3. The maximum absolute atomic E-state index is 12.0. The van der Waals surface area contributed by atoms with Crippen molar-refractivity contribution in [3.05, 3.63) is 34.9 Å². The monoisotopic (exact) mass is 262 g/mol. The fourth-order valence-corrected chi connectivity index (χ4v) is 2.19. The molecule has 0 aromatic heterocycles. The summed E-state index contributed by atoms with van der Waals surface area (Å²) >= 11 is 0. The number of amides is 1. The van der Waals surface area contributed by atoms with Crippen molar-refractivity contribution in [3.8, 4) is 0 Å². The number of rotatable bonds is 5. The van der Waals surface area contributed by atoms with Crippen LogP contribution in [0.1, 0.15) is 34.8 Å². The van der Waals surface area contributed by atoms with E-state index in [1.54, 1.807) is 23.1 Å². The number of carbonyl (C=O) groups excluding carboxylic acids is 1. The zero-order chi connectivity index (χ0) is 13.8. The van der Waals surface area contributed by atoms with Crippen molar-refractivity contribution in [1.29, 1.82) is 0 Å². The Labute approximate surface area is 112 Å². The molecular formula is C14H18N2O3. The van der Waals surface area contributed by atoms with E-state index in [4.69, 9.17) is 5.11 Å². The van der Waals surface area contributed by atoms with Gasteiger partial charge in [-0.1, -0.05) is 13.0 Å². The van der Waals surface area contributed by atoms with Gasteiger partial charge in [-0.3, -0.25) is 4.79 Å². The standard InChI is InChI=1S/C14H18N2O3/c1-2-5-15-7-13(17)16-8-11-4-3-10(14(18)19)6-12(11)9-16/h3-4,6,15H,2,5,7-9H2,1H3,(H,18,19). The van der Waals surface area contributed by atoms with Crippen LogP contribution >= 0.6 is 0 Å². The lowest BCUT2D eigenvalue weighted by Crippen LogP contribution is -2.35. The predicted molar refractivity (Wildman–Crippen MR) is 70.8 cm³/mol. The number of carboxylic acid groups (broad SMARTS) is 1. The minimum absolute atomic E-state index is 0.0570. The Morgan fingerprint density at radius 2 is 2.05 bits per heavy atom. The first-order valence-electron chi connectivity index (χ1n) is 6.45. The van der Waals surface area contributed by atoms with Crippen molar-refractivity contribution >= 4 is 11.9 Å². The normalized spacial score (nSPS) is 13.4. The Morgan fingerprint density at radius 3 is 2.74 bits per heavy atom. The molecule has 19 heavy (non-hydrogen) atoms. The highest BCUT2D eigenvalue weighted by Crippen LogP contribution is 2.23. The number of carbonyl (C=O) groups is 2. The Hall–Kier alpha value is -1.88. The molecule has 0 saturated heterocycles.